The number of aryl methyl sites for hydroxylation is 1. The third-order valence-electron chi connectivity index (χ3n) is 6.10. The first-order chi connectivity index (χ1) is 18.3. The van der Waals surface area contributed by atoms with E-state index in [2.05, 4.69) is 15.2 Å². The number of halogens is 11. The number of carbonyl (C=O) groups is 1. The van der Waals surface area contributed by atoms with Crippen molar-refractivity contribution in [1.82, 2.24) is 15.1 Å². The van der Waals surface area contributed by atoms with Crippen molar-refractivity contribution in [3.63, 3.8) is 0 Å². The zero-order valence-electron chi connectivity index (χ0n) is 19.3. The third-order valence-corrected chi connectivity index (χ3v) is 6.39. The average Bonchev–Trinajstić information content (AvgIpc) is 3.42. The number of fused-ring (bicyclic) bond motifs is 1. The lowest BCUT2D eigenvalue weighted by Crippen LogP contribution is -2.50. The van der Waals surface area contributed by atoms with E-state index in [4.69, 9.17) is 16.7 Å². The zero-order chi connectivity index (χ0) is 29.8. The summed E-state index contributed by atoms with van der Waals surface area (Å²) in [5.74, 6) is -1.68. The predicted octanol–water partition coefficient (Wildman–Crippen LogP) is 7.64. The quantitative estimate of drug-likeness (QED) is 0.293. The van der Waals surface area contributed by atoms with Gasteiger partial charge in [0, 0.05) is 17.3 Å². The van der Waals surface area contributed by atoms with Gasteiger partial charge in [0.25, 0.3) is 0 Å². The molecule has 6 nitrogen and oxygen atoms in total. The van der Waals surface area contributed by atoms with Crippen molar-refractivity contribution >= 4 is 17.7 Å². The highest BCUT2D eigenvalue weighted by Crippen LogP contribution is 2.55. The number of aromatic nitrogens is 2. The Labute approximate surface area is 222 Å². The van der Waals surface area contributed by atoms with Crippen molar-refractivity contribution in [2.45, 2.75) is 43.3 Å². The standard InChI is InChI=1S/C23H14ClF10N3O3/c24-15-6-13(20(25,21(26,27)28)22(29,30)31)7-17(40-23(32,33)34)18(15)37-9-12(8-35-37)11-2-1-10-3-4-16(14(10)5-11)36-19(38)39/h1-2,5-9,16,36H,3-4H2,(H,38,39). The Morgan fingerprint density at radius 3 is 2.23 bits per heavy atom. The van der Waals surface area contributed by atoms with Crippen molar-refractivity contribution in [2.24, 2.45) is 0 Å². The normalized spacial score (nSPS) is 16.1. The highest BCUT2D eigenvalue weighted by molar-refractivity contribution is 6.32. The molecule has 1 amide bonds. The molecule has 2 aromatic carbocycles. The smallest absolute Gasteiger partial charge is 0.465 e. The fraction of sp³-hybridized carbons (Fsp3) is 0.304. The van der Waals surface area contributed by atoms with Crippen molar-refractivity contribution in [1.29, 1.82) is 0 Å². The molecule has 1 aliphatic carbocycles. The summed E-state index contributed by atoms with van der Waals surface area (Å²) in [5, 5.41) is 14.0. The molecule has 0 aliphatic heterocycles. The van der Waals surface area contributed by atoms with E-state index in [0.29, 0.717) is 28.7 Å². The van der Waals surface area contributed by atoms with Gasteiger partial charge in [0.05, 0.1) is 17.3 Å². The largest absolute Gasteiger partial charge is 0.573 e. The Morgan fingerprint density at radius 2 is 1.65 bits per heavy atom. The van der Waals surface area contributed by atoms with Crippen LogP contribution >= 0.6 is 11.6 Å². The molecule has 1 aromatic heterocycles. The van der Waals surface area contributed by atoms with Crippen molar-refractivity contribution in [3.05, 3.63) is 64.4 Å². The van der Waals surface area contributed by atoms with Crippen LogP contribution in [0.15, 0.2) is 42.7 Å². The van der Waals surface area contributed by atoms with E-state index in [1.165, 1.54) is 0 Å². The van der Waals surface area contributed by atoms with Gasteiger partial charge in [-0.15, -0.1) is 13.2 Å². The first kappa shape index (κ1) is 29.3. The highest BCUT2D eigenvalue weighted by atomic mass is 35.5. The van der Waals surface area contributed by atoms with E-state index < -0.39 is 64.6 Å². The molecule has 0 saturated carbocycles. The predicted molar refractivity (Wildman–Crippen MR) is 118 cm³/mol. The number of nitrogens with zero attached hydrogens (tertiary/aromatic N) is 2. The number of ether oxygens (including phenoxy) is 1. The number of amides is 1. The second kappa shape index (κ2) is 9.74. The van der Waals surface area contributed by atoms with Crippen LogP contribution in [0.3, 0.4) is 0 Å². The fourth-order valence-electron chi connectivity index (χ4n) is 4.36. The van der Waals surface area contributed by atoms with Gasteiger partial charge in [-0.05, 0) is 47.7 Å². The van der Waals surface area contributed by atoms with Gasteiger partial charge >= 0.3 is 30.5 Å². The van der Waals surface area contributed by atoms with Crippen LogP contribution in [-0.4, -0.2) is 39.7 Å². The number of rotatable bonds is 5. The average molecular weight is 606 g/mol. The maximum absolute atomic E-state index is 14.6. The van der Waals surface area contributed by atoms with Gasteiger partial charge in [0.15, 0.2) is 5.75 Å². The Morgan fingerprint density at radius 1 is 1.00 bits per heavy atom. The van der Waals surface area contributed by atoms with Gasteiger partial charge in [0.2, 0.25) is 0 Å². The van der Waals surface area contributed by atoms with E-state index >= 15 is 0 Å². The number of carboxylic acid groups (broad SMARTS) is 1. The monoisotopic (exact) mass is 605 g/mol. The molecule has 40 heavy (non-hydrogen) atoms. The van der Waals surface area contributed by atoms with Crippen LogP contribution in [0.1, 0.15) is 29.2 Å². The van der Waals surface area contributed by atoms with Crippen molar-refractivity contribution in [3.8, 4) is 22.6 Å². The summed E-state index contributed by atoms with van der Waals surface area (Å²) in [6.45, 7) is 0. The molecule has 1 aliphatic rings. The van der Waals surface area contributed by atoms with Crippen molar-refractivity contribution < 1.29 is 58.5 Å². The number of hydrogen-bond acceptors (Lipinski definition) is 3. The molecule has 1 unspecified atom stereocenters. The zero-order valence-corrected chi connectivity index (χ0v) is 20.1. The lowest BCUT2D eigenvalue weighted by Gasteiger charge is -2.31. The molecule has 4 rings (SSSR count). The lowest BCUT2D eigenvalue weighted by atomic mass is 9.93. The molecule has 0 fully saturated rings. The van der Waals surface area contributed by atoms with Crippen LogP contribution in [-0.2, 0) is 12.1 Å². The second-order valence-electron chi connectivity index (χ2n) is 8.63. The molecule has 3 aromatic rings. The summed E-state index contributed by atoms with van der Waals surface area (Å²) in [7, 11) is 0. The Bertz CT molecular complexity index is 1440. The molecule has 1 atom stereocenters. The van der Waals surface area contributed by atoms with E-state index in [9.17, 15) is 48.7 Å². The SMILES string of the molecule is O=C(O)NC1CCc2ccc(-c3cnn(-c4c(Cl)cc(C(F)(C(F)(F)F)C(F)(F)F)cc4OC(F)(F)F)c3)cc21. The van der Waals surface area contributed by atoms with Crippen LogP contribution < -0.4 is 10.1 Å². The lowest BCUT2D eigenvalue weighted by molar-refractivity contribution is -0.348. The van der Waals surface area contributed by atoms with Crippen LogP contribution in [0.25, 0.3) is 16.8 Å². The number of hydrogen-bond donors (Lipinski definition) is 2. The van der Waals surface area contributed by atoms with Gasteiger partial charge in [-0.25, -0.2) is 13.9 Å². The Balaban J connectivity index is 1.82. The molecule has 1 heterocycles. The third kappa shape index (κ3) is 5.36. The van der Waals surface area contributed by atoms with Crippen molar-refractivity contribution in [2.75, 3.05) is 0 Å². The second-order valence-corrected chi connectivity index (χ2v) is 9.04. The molecular formula is C23H14ClF10N3O3. The molecular weight excluding hydrogens is 592 g/mol. The fourth-order valence-corrected chi connectivity index (χ4v) is 4.66. The molecule has 2 N–H and O–H groups in total. The minimum absolute atomic E-state index is 0.111. The minimum atomic E-state index is -6.62. The van der Waals surface area contributed by atoms with E-state index in [-0.39, 0.29) is 11.6 Å². The summed E-state index contributed by atoms with van der Waals surface area (Å²) in [4.78, 5) is 11.1. The Hall–Kier alpha value is -3.69. The molecule has 216 valence electrons. The molecule has 0 spiro atoms. The molecule has 17 heteroatoms. The topological polar surface area (TPSA) is 76.4 Å². The van der Waals surface area contributed by atoms with Gasteiger partial charge in [-0.1, -0.05) is 23.7 Å². The van der Waals surface area contributed by atoms with Gasteiger partial charge in [0.1, 0.15) is 5.69 Å². The summed E-state index contributed by atoms with van der Waals surface area (Å²) in [6, 6.07) is 3.81. The molecule has 0 bridgehead atoms. The van der Waals surface area contributed by atoms with E-state index in [1.807, 2.05) is 0 Å². The molecule has 0 saturated heterocycles. The van der Waals surface area contributed by atoms with Crippen LogP contribution in [0.5, 0.6) is 5.75 Å². The number of benzene rings is 2. The minimum Gasteiger partial charge on any atom is -0.465 e. The van der Waals surface area contributed by atoms with Crippen LogP contribution in [0.4, 0.5) is 48.7 Å². The van der Waals surface area contributed by atoms with Gasteiger partial charge < -0.3 is 15.2 Å². The summed E-state index contributed by atoms with van der Waals surface area (Å²) in [5.41, 5.74) is -7.24. The number of alkyl halides is 10. The van der Waals surface area contributed by atoms with Crippen LogP contribution in [0, 0.1) is 0 Å². The summed E-state index contributed by atoms with van der Waals surface area (Å²) < 4.78 is 138. The summed E-state index contributed by atoms with van der Waals surface area (Å²) in [6.07, 6.45) is -17.0. The first-order valence-electron chi connectivity index (χ1n) is 10.9. The summed E-state index contributed by atoms with van der Waals surface area (Å²) >= 11 is 5.83. The maximum Gasteiger partial charge on any atom is 0.573 e. The highest BCUT2D eigenvalue weighted by Gasteiger charge is 2.73. The Kier molecular flexibility index (Phi) is 7.14. The maximum atomic E-state index is 14.6. The van der Waals surface area contributed by atoms with Crippen LogP contribution in [0.2, 0.25) is 5.02 Å². The molecule has 0 radical (unpaired) electrons. The first-order valence-corrected chi connectivity index (χ1v) is 11.3. The van der Waals surface area contributed by atoms with Gasteiger partial charge in [-0.2, -0.15) is 31.4 Å². The number of nitrogens with one attached hydrogen (secondary N) is 1. The van der Waals surface area contributed by atoms with E-state index in [0.717, 1.165) is 18.0 Å². The van der Waals surface area contributed by atoms with E-state index in [1.54, 1.807) is 18.2 Å². The van der Waals surface area contributed by atoms with Gasteiger partial charge in [-0.3, -0.25) is 0 Å².